The minimum absolute atomic E-state index is 0.0513. The van der Waals surface area contributed by atoms with E-state index in [1.54, 1.807) is 0 Å². The fourth-order valence-electron chi connectivity index (χ4n) is 8.64. The Morgan fingerprint density at radius 1 is 0.946 bits per heavy atom. The van der Waals surface area contributed by atoms with Crippen molar-refractivity contribution in [2.45, 2.75) is 97.2 Å². The Bertz CT molecular complexity index is 1150. The summed E-state index contributed by atoms with van der Waals surface area (Å²) in [5.74, 6) is -2.84. The second-order valence-electron chi connectivity index (χ2n) is 12.9. The molecule has 1 saturated carbocycles. The Kier molecular flexibility index (Phi) is 5.82. The maximum absolute atomic E-state index is 14.3. The molecule has 5 aliphatic rings. The van der Waals surface area contributed by atoms with E-state index >= 15 is 0 Å². The fourth-order valence-corrected chi connectivity index (χ4v) is 8.64. The van der Waals surface area contributed by atoms with Gasteiger partial charge >= 0.3 is 5.97 Å². The van der Waals surface area contributed by atoms with Gasteiger partial charge in [0.25, 0.3) is 0 Å². The molecular formula is C29H38O8. The monoisotopic (exact) mass is 514 g/mol. The van der Waals surface area contributed by atoms with Crippen LogP contribution in [0.5, 0.6) is 0 Å². The quantitative estimate of drug-likeness (QED) is 0.384. The van der Waals surface area contributed by atoms with Crippen molar-refractivity contribution in [1.29, 1.82) is 0 Å². The number of ketones is 4. The van der Waals surface area contributed by atoms with Gasteiger partial charge in [-0.2, -0.15) is 0 Å². The third kappa shape index (κ3) is 3.37. The molecule has 1 spiro atoms. The number of rotatable bonds is 8. The summed E-state index contributed by atoms with van der Waals surface area (Å²) in [5.41, 5.74) is -3.73. The molecule has 3 aliphatic carbocycles. The van der Waals surface area contributed by atoms with Crippen LogP contribution in [0.25, 0.3) is 0 Å². The van der Waals surface area contributed by atoms with Crippen LogP contribution in [-0.4, -0.2) is 58.6 Å². The Labute approximate surface area is 217 Å². The van der Waals surface area contributed by atoms with Gasteiger partial charge in [0.2, 0.25) is 11.6 Å². The number of Topliss-reactive ketones (excluding diaryl/α,β-unsaturated/α-hetero) is 4. The van der Waals surface area contributed by atoms with Crippen molar-refractivity contribution >= 4 is 29.1 Å². The highest BCUT2D eigenvalue weighted by atomic mass is 16.6. The van der Waals surface area contributed by atoms with E-state index in [0.717, 1.165) is 0 Å². The van der Waals surface area contributed by atoms with Gasteiger partial charge in [0.15, 0.2) is 5.78 Å². The number of aliphatic carboxylic acids is 1. The van der Waals surface area contributed by atoms with Crippen molar-refractivity contribution < 1.29 is 38.6 Å². The highest BCUT2D eigenvalue weighted by Crippen LogP contribution is 2.72. The Morgan fingerprint density at radius 3 is 2.22 bits per heavy atom. The molecule has 3 fully saturated rings. The van der Waals surface area contributed by atoms with Crippen molar-refractivity contribution in [3.8, 4) is 0 Å². The summed E-state index contributed by atoms with van der Waals surface area (Å²) >= 11 is 0. The molecule has 2 aliphatic heterocycles. The van der Waals surface area contributed by atoms with Crippen LogP contribution >= 0.6 is 0 Å². The van der Waals surface area contributed by atoms with E-state index in [4.69, 9.17) is 9.47 Å². The Morgan fingerprint density at radius 2 is 1.62 bits per heavy atom. The lowest BCUT2D eigenvalue weighted by Gasteiger charge is -2.54. The summed E-state index contributed by atoms with van der Waals surface area (Å²) in [7, 11) is 0. The fraction of sp³-hybridized carbons (Fsp3) is 0.759. The van der Waals surface area contributed by atoms with Gasteiger partial charge in [-0.15, -0.1) is 0 Å². The molecule has 5 rings (SSSR count). The molecule has 0 aromatic heterocycles. The van der Waals surface area contributed by atoms with Crippen LogP contribution in [0, 0.1) is 28.1 Å². The van der Waals surface area contributed by atoms with Crippen molar-refractivity contribution in [1.82, 2.24) is 0 Å². The first-order valence-electron chi connectivity index (χ1n) is 13.6. The molecule has 202 valence electrons. The number of epoxide rings is 1. The normalized spacial score (nSPS) is 44.5. The van der Waals surface area contributed by atoms with Crippen molar-refractivity contribution in [2.24, 2.45) is 28.1 Å². The molecule has 2 heterocycles. The first kappa shape index (κ1) is 26.4. The molecule has 8 nitrogen and oxygen atoms in total. The van der Waals surface area contributed by atoms with Crippen LogP contribution in [0.2, 0.25) is 0 Å². The third-order valence-corrected chi connectivity index (χ3v) is 11.0. The van der Waals surface area contributed by atoms with E-state index in [-0.39, 0.29) is 54.8 Å². The second kappa shape index (κ2) is 8.15. The molecule has 1 N–H and O–H groups in total. The summed E-state index contributed by atoms with van der Waals surface area (Å²) in [6.07, 6.45) is 2.57. The van der Waals surface area contributed by atoms with Gasteiger partial charge in [0.1, 0.15) is 5.78 Å². The molecule has 0 aromatic carbocycles. The lowest BCUT2D eigenvalue weighted by molar-refractivity contribution is -0.150. The molecule has 0 radical (unpaired) electrons. The van der Waals surface area contributed by atoms with Crippen LogP contribution < -0.4 is 0 Å². The molecule has 8 heteroatoms. The molecule has 37 heavy (non-hydrogen) atoms. The maximum atomic E-state index is 14.3. The van der Waals surface area contributed by atoms with Crippen molar-refractivity contribution in [3.63, 3.8) is 0 Å². The highest BCUT2D eigenvalue weighted by Gasteiger charge is 2.77. The van der Waals surface area contributed by atoms with Crippen LogP contribution in [0.4, 0.5) is 0 Å². The lowest BCUT2D eigenvalue weighted by Crippen LogP contribution is -2.61. The van der Waals surface area contributed by atoms with E-state index in [9.17, 15) is 29.1 Å². The second-order valence-corrected chi connectivity index (χ2v) is 12.9. The standard InChI is InChI=1S/C29H38O8/c1-6-16(30)7-12-27(4)18-8-11-26(3)21-17(31)13-19(28(5)14-36-28)25(2,10-9-20(32)33)22(21)23(34)24(35)29(18,26)15-37-27/h18-19H,6-15H2,1-5H3,(H,32,33). The summed E-state index contributed by atoms with van der Waals surface area (Å²) in [4.78, 5) is 66.1. The topological polar surface area (TPSA) is 127 Å². The first-order valence-corrected chi connectivity index (χ1v) is 13.6. The van der Waals surface area contributed by atoms with Gasteiger partial charge < -0.3 is 14.6 Å². The van der Waals surface area contributed by atoms with Gasteiger partial charge in [-0.25, -0.2) is 0 Å². The zero-order valence-electron chi connectivity index (χ0n) is 22.5. The average molecular weight is 515 g/mol. The highest BCUT2D eigenvalue weighted by molar-refractivity contribution is 6.48. The first-order chi connectivity index (χ1) is 17.2. The number of carboxylic acid groups (broad SMARTS) is 1. The number of carbonyl (C=O) groups is 5. The van der Waals surface area contributed by atoms with E-state index < -0.39 is 45.0 Å². The third-order valence-electron chi connectivity index (χ3n) is 11.0. The minimum Gasteiger partial charge on any atom is -0.481 e. The van der Waals surface area contributed by atoms with Crippen molar-refractivity contribution in [2.75, 3.05) is 13.2 Å². The number of carbonyl (C=O) groups excluding carboxylic acids is 4. The smallest absolute Gasteiger partial charge is 0.303 e. The molecule has 0 amide bonds. The Balaban J connectivity index is 1.64. The predicted molar refractivity (Wildman–Crippen MR) is 132 cm³/mol. The SMILES string of the molecule is CCC(=O)CCC1(C)OCC23C(=O)C(=O)C4=C(C(=O)CC(C5(C)CO5)C4(C)CCC(=O)O)C2(C)CCC13. The van der Waals surface area contributed by atoms with Crippen LogP contribution in [0.1, 0.15) is 86.0 Å². The van der Waals surface area contributed by atoms with Gasteiger partial charge in [0, 0.05) is 59.5 Å². The molecular weight excluding hydrogens is 476 g/mol. The van der Waals surface area contributed by atoms with Gasteiger partial charge in [0.05, 0.1) is 29.8 Å². The number of ether oxygens (including phenoxy) is 2. The van der Waals surface area contributed by atoms with E-state index in [1.807, 2.05) is 34.6 Å². The summed E-state index contributed by atoms with van der Waals surface area (Å²) < 4.78 is 12.0. The predicted octanol–water partition coefficient (Wildman–Crippen LogP) is 3.63. The van der Waals surface area contributed by atoms with Gasteiger partial charge in [-0.05, 0) is 39.5 Å². The van der Waals surface area contributed by atoms with E-state index in [0.29, 0.717) is 44.3 Å². The Hall–Kier alpha value is -2.19. The minimum atomic E-state index is -1.15. The number of hydrogen-bond acceptors (Lipinski definition) is 7. The maximum Gasteiger partial charge on any atom is 0.303 e. The molecule has 0 aromatic rings. The van der Waals surface area contributed by atoms with Crippen LogP contribution in [-0.2, 0) is 33.4 Å². The van der Waals surface area contributed by atoms with Gasteiger partial charge in [-0.1, -0.05) is 20.8 Å². The largest absolute Gasteiger partial charge is 0.481 e. The van der Waals surface area contributed by atoms with E-state index in [1.165, 1.54) is 0 Å². The average Bonchev–Trinajstić information content (AvgIpc) is 3.40. The van der Waals surface area contributed by atoms with Crippen molar-refractivity contribution in [3.05, 3.63) is 11.1 Å². The number of allylic oxidation sites excluding steroid dienone is 2. The zero-order valence-corrected chi connectivity index (χ0v) is 22.5. The van der Waals surface area contributed by atoms with Crippen LogP contribution in [0.3, 0.4) is 0 Å². The number of carboxylic acids is 1. The number of fused-ring (bicyclic) bond motifs is 1. The summed E-state index contributed by atoms with van der Waals surface area (Å²) in [6, 6.07) is 0. The van der Waals surface area contributed by atoms with E-state index in [2.05, 4.69) is 0 Å². The molecule has 7 atom stereocenters. The van der Waals surface area contributed by atoms with Gasteiger partial charge in [-0.3, -0.25) is 24.0 Å². The number of hydrogen-bond donors (Lipinski definition) is 1. The molecule has 7 unspecified atom stereocenters. The molecule has 2 saturated heterocycles. The summed E-state index contributed by atoms with van der Waals surface area (Å²) in [5, 5.41) is 9.51. The summed E-state index contributed by atoms with van der Waals surface area (Å²) in [6.45, 7) is 9.92. The zero-order chi connectivity index (χ0) is 27.2. The lowest BCUT2D eigenvalue weighted by atomic mass is 9.45. The molecule has 0 bridgehead atoms. The van der Waals surface area contributed by atoms with Crippen LogP contribution in [0.15, 0.2) is 11.1 Å².